The molecule has 0 aromatic rings. The third-order valence-electron chi connectivity index (χ3n) is 1.82. The fraction of sp³-hybridized carbons (Fsp3) is 0.727. The quantitative estimate of drug-likeness (QED) is 0.493. The number of ether oxygens (including phenoxy) is 2. The Kier molecular flexibility index (Phi) is 7.28. The van der Waals surface area contributed by atoms with Crippen LogP contribution >= 0.6 is 12.6 Å². The van der Waals surface area contributed by atoms with Gasteiger partial charge in [-0.2, -0.15) is 12.6 Å². The molecular weight excluding hydrogens is 272 g/mol. The predicted octanol–water partition coefficient (Wildman–Crippen LogP) is 0.0987. The fourth-order valence-electron chi connectivity index (χ4n) is 0.999. The van der Waals surface area contributed by atoms with Crippen LogP contribution in [-0.2, 0) is 19.1 Å². The predicted molar refractivity (Wildman–Crippen MR) is 72.0 cm³/mol. The third-order valence-corrected chi connectivity index (χ3v) is 2.19. The van der Waals surface area contributed by atoms with Crippen LogP contribution in [0.25, 0.3) is 0 Å². The summed E-state index contributed by atoms with van der Waals surface area (Å²) in [6.07, 6.45) is -0.722. The van der Waals surface area contributed by atoms with Gasteiger partial charge in [0.25, 0.3) is 0 Å². The standard InChI is InChI=1S/C11H20N2O5S/c1-11(2,3)18-10(16)13-7(6-19)9(15)12-5-8(14)17-4/h7,19H,5-6H2,1-4H3,(H,12,15)(H,13,16)/t7-/m0/s1. The molecule has 0 aromatic heterocycles. The smallest absolute Gasteiger partial charge is 0.408 e. The van der Waals surface area contributed by atoms with Gasteiger partial charge in [0.1, 0.15) is 18.2 Å². The van der Waals surface area contributed by atoms with Gasteiger partial charge in [0.2, 0.25) is 5.91 Å². The zero-order chi connectivity index (χ0) is 15.1. The molecule has 0 saturated carbocycles. The summed E-state index contributed by atoms with van der Waals surface area (Å²) in [7, 11) is 1.21. The van der Waals surface area contributed by atoms with E-state index in [1.807, 2.05) is 0 Å². The second kappa shape index (κ2) is 7.88. The monoisotopic (exact) mass is 292 g/mol. The van der Waals surface area contributed by atoms with Crippen LogP contribution in [0.1, 0.15) is 20.8 Å². The summed E-state index contributed by atoms with van der Waals surface area (Å²) in [6, 6.07) is -0.886. The summed E-state index contributed by atoms with van der Waals surface area (Å²) in [5, 5.41) is 4.68. The Morgan fingerprint density at radius 1 is 1.26 bits per heavy atom. The highest BCUT2D eigenvalue weighted by molar-refractivity contribution is 7.80. The molecule has 2 amide bonds. The van der Waals surface area contributed by atoms with Gasteiger partial charge in [-0.25, -0.2) is 4.79 Å². The van der Waals surface area contributed by atoms with Crippen LogP contribution in [0.2, 0.25) is 0 Å². The van der Waals surface area contributed by atoms with Crippen LogP contribution in [0.3, 0.4) is 0 Å². The topological polar surface area (TPSA) is 93.7 Å². The van der Waals surface area contributed by atoms with E-state index in [1.165, 1.54) is 7.11 Å². The minimum atomic E-state index is -0.886. The average Bonchev–Trinajstić information content (AvgIpc) is 2.30. The molecule has 1 atom stereocenters. The Hall–Kier alpha value is -1.44. The van der Waals surface area contributed by atoms with Gasteiger partial charge in [-0.1, -0.05) is 0 Å². The summed E-state index contributed by atoms with van der Waals surface area (Å²) < 4.78 is 9.39. The maximum absolute atomic E-state index is 11.7. The molecule has 0 fully saturated rings. The normalized spacial score (nSPS) is 12.3. The van der Waals surface area contributed by atoms with Gasteiger partial charge >= 0.3 is 12.1 Å². The molecule has 0 spiro atoms. The van der Waals surface area contributed by atoms with Crippen molar-refractivity contribution < 1.29 is 23.9 Å². The maximum atomic E-state index is 11.7. The van der Waals surface area contributed by atoms with E-state index < -0.39 is 29.6 Å². The zero-order valence-electron chi connectivity index (χ0n) is 11.5. The number of hydrogen-bond acceptors (Lipinski definition) is 6. The first-order valence-corrected chi connectivity index (χ1v) is 6.27. The Labute approximate surface area is 117 Å². The second-order valence-electron chi connectivity index (χ2n) is 4.68. The van der Waals surface area contributed by atoms with E-state index in [9.17, 15) is 14.4 Å². The Bertz CT molecular complexity index is 340. The third kappa shape index (κ3) is 8.30. The van der Waals surface area contributed by atoms with E-state index in [1.54, 1.807) is 20.8 Å². The van der Waals surface area contributed by atoms with Crippen molar-refractivity contribution in [3.8, 4) is 0 Å². The molecule has 0 aliphatic rings. The van der Waals surface area contributed by atoms with E-state index in [4.69, 9.17) is 4.74 Å². The van der Waals surface area contributed by atoms with Crippen molar-refractivity contribution in [3.63, 3.8) is 0 Å². The van der Waals surface area contributed by atoms with Crippen molar-refractivity contribution in [1.82, 2.24) is 10.6 Å². The SMILES string of the molecule is COC(=O)CNC(=O)[C@H](CS)NC(=O)OC(C)(C)C. The van der Waals surface area contributed by atoms with E-state index in [2.05, 4.69) is 28.0 Å². The molecule has 0 bridgehead atoms. The van der Waals surface area contributed by atoms with Gasteiger partial charge in [0, 0.05) is 5.75 Å². The van der Waals surface area contributed by atoms with Gasteiger partial charge in [-0.3, -0.25) is 9.59 Å². The Morgan fingerprint density at radius 2 is 1.84 bits per heavy atom. The number of rotatable bonds is 5. The summed E-state index contributed by atoms with van der Waals surface area (Å²) in [4.78, 5) is 34.0. The second-order valence-corrected chi connectivity index (χ2v) is 5.04. The average molecular weight is 292 g/mol. The number of nitrogens with one attached hydrogen (secondary N) is 2. The molecule has 0 radical (unpaired) electrons. The van der Waals surface area contributed by atoms with Crippen molar-refractivity contribution in [1.29, 1.82) is 0 Å². The molecule has 0 rings (SSSR count). The molecule has 8 heteroatoms. The van der Waals surface area contributed by atoms with E-state index in [0.717, 1.165) is 0 Å². The number of hydrogen-bond donors (Lipinski definition) is 3. The molecule has 0 aromatic carbocycles. The highest BCUT2D eigenvalue weighted by Gasteiger charge is 2.23. The maximum Gasteiger partial charge on any atom is 0.408 e. The van der Waals surface area contributed by atoms with E-state index >= 15 is 0 Å². The summed E-state index contributed by atoms with van der Waals surface area (Å²) in [6.45, 7) is 4.86. The summed E-state index contributed by atoms with van der Waals surface area (Å²) in [5.74, 6) is -1.04. The molecule has 0 heterocycles. The van der Waals surface area contributed by atoms with Gasteiger partial charge in [-0.15, -0.1) is 0 Å². The first-order chi connectivity index (χ1) is 8.69. The van der Waals surface area contributed by atoms with Crippen LogP contribution in [0.4, 0.5) is 4.79 Å². The lowest BCUT2D eigenvalue weighted by atomic mass is 10.2. The van der Waals surface area contributed by atoms with Crippen LogP contribution in [0.15, 0.2) is 0 Å². The number of amides is 2. The Balaban J connectivity index is 4.30. The van der Waals surface area contributed by atoms with Crippen molar-refractivity contribution in [2.75, 3.05) is 19.4 Å². The lowest BCUT2D eigenvalue weighted by Crippen LogP contribution is -2.50. The number of carbonyl (C=O) groups is 3. The molecule has 110 valence electrons. The van der Waals surface area contributed by atoms with E-state index in [-0.39, 0.29) is 12.3 Å². The molecule has 0 aliphatic heterocycles. The minimum Gasteiger partial charge on any atom is -0.468 e. The molecule has 0 aliphatic carbocycles. The lowest BCUT2D eigenvalue weighted by molar-refractivity contribution is -0.141. The van der Waals surface area contributed by atoms with Crippen molar-refractivity contribution in [2.24, 2.45) is 0 Å². The van der Waals surface area contributed by atoms with Gasteiger partial charge < -0.3 is 20.1 Å². The molecule has 19 heavy (non-hydrogen) atoms. The first-order valence-electron chi connectivity index (χ1n) is 5.64. The zero-order valence-corrected chi connectivity index (χ0v) is 12.4. The lowest BCUT2D eigenvalue weighted by Gasteiger charge is -2.22. The van der Waals surface area contributed by atoms with Crippen LogP contribution < -0.4 is 10.6 Å². The van der Waals surface area contributed by atoms with Crippen molar-refractivity contribution in [3.05, 3.63) is 0 Å². The molecule has 0 unspecified atom stereocenters. The number of alkyl carbamates (subject to hydrolysis) is 1. The Morgan fingerprint density at radius 3 is 2.26 bits per heavy atom. The van der Waals surface area contributed by atoms with E-state index in [0.29, 0.717) is 0 Å². The molecule has 2 N–H and O–H groups in total. The highest BCUT2D eigenvalue weighted by atomic mass is 32.1. The van der Waals surface area contributed by atoms with Crippen LogP contribution in [-0.4, -0.2) is 49.0 Å². The summed E-state index contributed by atoms with van der Waals surface area (Å²) >= 11 is 3.96. The number of thiol groups is 1. The summed E-state index contributed by atoms with van der Waals surface area (Å²) in [5.41, 5.74) is -0.659. The molecule has 7 nitrogen and oxygen atoms in total. The van der Waals surface area contributed by atoms with Crippen molar-refractivity contribution in [2.45, 2.75) is 32.4 Å². The fourth-order valence-corrected chi connectivity index (χ4v) is 1.26. The van der Waals surface area contributed by atoms with Gasteiger partial charge in [0.15, 0.2) is 0 Å². The first kappa shape index (κ1) is 17.6. The van der Waals surface area contributed by atoms with Crippen molar-refractivity contribution >= 4 is 30.6 Å². The molecule has 0 saturated heterocycles. The van der Waals surface area contributed by atoms with Gasteiger partial charge in [0.05, 0.1) is 7.11 Å². The number of esters is 1. The van der Waals surface area contributed by atoms with Crippen LogP contribution in [0, 0.1) is 0 Å². The highest BCUT2D eigenvalue weighted by Crippen LogP contribution is 2.06. The van der Waals surface area contributed by atoms with Crippen LogP contribution in [0.5, 0.6) is 0 Å². The number of carbonyl (C=O) groups excluding carboxylic acids is 3. The molecular formula is C11H20N2O5S. The van der Waals surface area contributed by atoms with Gasteiger partial charge in [-0.05, 0) is 20.8 Å². The minimum absolute atomic E-state index is 0.0756. The number of methoxy groups -OCH3 is 1. The largest absolute Gasteiger partial charge is 0.468 e.